The van der Waals surface area contributed by atoms with Crippen molar-refractivity contribution in [3.05, 3.63) is 174 Å². The van der Waals surface area contributed by atoms with Crippen LogP contribution in [0.1, 0.15) is 22.5 Å². The van der Waals surface area contributed by atoms with Crippen LogP contribution in [0, 0.1) is 0 Å². The second-order valence-electron chi connectivity index (χ2n) is 9.89. The molecule has 4 aromatic carbocycles. The zero-order valence-corrected chi connectivity index (χ0v) is 26.8. The molecule has 0 fully saturated rings. The van der Waals surface area contributed by atoms with E-state index in [0.29, 0.717) is 0 Å². The van der Waals surface area contributed by atoms with Crippen LogP contribution in [-0.2, 0) is 21.1 Å². The van der Waals surface area contributed by atoms with Crippen LogP contribution in [0.2, 0.25) is 0 Å². The number of benzene rings is 4. The summed E-state index contributed by atoms with van der Waals surface area (Å²) in [6, 6.07) is 51.2. The summed E-state index contributed by atoms with van der Waals surface area (Å²) in [5.74, 6) is 1.47. The van der Waals surface area contributed by atoms with Crippen LogP contribution in [0.3, 0.4) is 0 Å². The smallest absolute Gasteiger partial charge is 0.139 e. The summed E-state index contributed by atoms with van der Waals surface area (Å²) >= 11 is 0. The summed E-state index contributed by atoms with van der Waals surface area (Å²) in [6.45, 7) is 0. The molecule has 0 saturated carbocycles. The van der Waals surface area contributed by atoms with Gasteiger partial charge in [0.05, 0.1) is 22.8 Å². The molecule has 218 valence electrons. The number of rotatable bonds is 8. The summed E-state index contributed by atoms with van der Waals surface area (Å²) < 4.78 is 0. The van der Waals surface area contributed by atoms with E-state index in [2.05, 4.69) is 87.7 Å². The Balaban J connectivity index is 0.00000384. The van der Waals surface area contributed by atoms with Crippen LogP contribution in [0.15, 0.2) is 162 Å². The molecule has 2 heterocycles. The number of nitrogens with zero attached hydrogens (tertiary/aromatic N) is 5. The van der Waals surface area contributed by atoms with Gasteiger partial charge < -0.3 is 0 Å². The third kappa shape index (κ3) is 6.64. The van der Waals surface area contributed by atoms with E-state index in [1.807, 2.05) is 78.9 Å². The number of pyridine rings is 2. The normalized spacial score (nSPS) is 11.5. The van der Waals surface area contributed by atoms with Crippen molar-refractivity contribution in [2.75, 3.05) is 19.0 Å². The summed E-state index contributed by atoms with van der Waals surface area (Å²) in [5, 5.41) is 0. The van der Waals surface area contributed by atoms with Crippen molar-refractivity contribution in [3.63, 3.8) is 0 Å². The molecule has 0 amide bonds. The molecule has 0 N–H and O–H groups in total. The fourth-order valence-corrected chi connectivity index (χ4v) is 5.15. The Kier molecular flexibility index (Phi) is 10.0. The van der Waals surface area contributed by atoms with Crippen LogP contribution in [-0.4, -0.2) is 35.5 Å². The van der Waals surface area contributed by atoms with E-state index < -0.39 is 0 Å². The van der Waals surface area contributed by atoms with Crippen molar-refractivity contribution in [1.82, 2.24) is 9.97 Å². The summed E-state index contributed by atoms with van der Waals surface area (Å²) in [4.78, 5) is 21.6. The predicted octanol–water partition coefficient (Wildman–Crippen LogP) is 8.55. The van der Waals surface area contributed by atoms with Gasteiger partial charge in [0.15, 0.2) is 0 Å². The molecule has 0 saturated heterocycles. The molecule has 2 aromatic heterocycles. The van der Waals surface area contributed by atoms with Gasteiger partial charge in [-0.05, 0) is 47.5 Å². The van der Waals surface area contributed by atoms with Crippen LogP contribution in [0.4, 0.5) is 17.3 Å². The van der Waals surface area contributed by atoms with Gasteiger partial charge in [0, 0.05) is 52.0 Å². The fourth-order valence-electron chi connectivity index (χ4n) is 5.15. The van der Waals surface area contributed by atoms with Gasteiger partial charge >= 0.3 is 0 Å². The van der Waals surface area contributed by atoms with Gasteiger partial charge in [-0.1, -0.05) is 115 Å². The quantitative estimate of drug-likeness (QED) is 0.147. The Bertz CT molecular complexity index is 1770. The van der Waals surface area contributed by atoms with Crippen molar-refractivity contribution in [2.45, 2.75) is 0 Å². The van der Waals surface area contributed by atoms with Crippen LogP contribution < -0.4 is 4.90 Å². The Labute approximate surface area is 273 Å². The molecule has 0 bridgehead atoms. The van der Waals surface area contributed by atoms with Gasteiger partial charge in [-0.15, -0.1) is 0 Å². The number of aliphatic imine (C=N–C) groups is 2. The second-order valence-corrected chi connectivity index (χ2v) is 9.89. The maximum Gasteiger partial charge on any atom is 0.139 e. The topological polar surface area (TPSA) is 53.7 Å². The number of hydrogen-bond acceptors (Lipinski definition) is 5. The molecule has 6 rings (SSSR count). The van der Waals surface area contributed by atoms with Crippen LogP contribution >= 0.6 is 0 Å². The first-order valence-electron chi connectivity index (χ1n) is 14.2. The molecule has 44 heavy (non-hydrogen) atoms. The van der Waals surface area contributed by atoms with Gasteiger partial charge in [0.2, 0.25) is 0 Å². The third-order valence-electron chi connectivity index (χ3n) is 7.19. The van der Waals surface area contributed by atoms with Gasteiger partial charge in [-0.3, -0.25) is 14.9 Å². The van der Waals surface area contributed by atoms with Gasteiger partial charge in [-0.25, -0.2) is 9.97 Å². The first-order chi connectivity index (χ1) is 21.2. The van der Waals surface area contributed by atoms with E-state index in [-0.39, 0.29) is 21.1 Å². The zero-order valence-electron chi connectivity index (χ0n) is 24.5. The van der Waals surface area contributed by atoms with Gasteiger partial charge in [-0.2, -0.15) is 0 Å². The SMILES string of the molecule is CN=C(c1ccccc1)c1cccc(N(c2ccc(-c3ccccc3)cc2)c2cccc(C(=NC)c3ccccc3)n2)n1.[Pt]. The zero-order chi connectivity index (χ0) is 29.4. The molecule has 0 atom stereocenters. The van der Waals surface area contributed by atoms with E-state index >= 15 is 0 Å². The third-order valence-corrected chi connectivity index (χ3v) is 7.19. The molecule has 0 aliphatic carbocycles. The molecule has 0 spiro atoms. The summed E-state index contributed by atoms with van der Waals surface area (Å²) in [7, 11) is 3.61. The van der Waals surface area contributed by atoms with Gasteiger partial charge in [0.1, 0.15) is 11.6 Å². The van der Waals surface area contributed by atoms with Gasteiger partial charge in [0.25, 0.3) is 0 Å². The van der Waals surface area contributed by atoms with Crippen molar-refractivity contribution in [1.29, 1.82) is 0 Å². The number of aromatic nitrogens is 2. The largest absolute Gasteiger partial charge is 0.286 e. The minimum Gasteiger partial charge on any atom is -0.286 e. The summed E-state index contributed by atoms with van der Waals surface area (Å²) in [6.07, 6.45) is 0. The molecule has 0 aliphatic rings. The van der Waals surface area contributed by atoms with E-state index in [1.54, 1.807) is 14.1 Å². The second kappa shape index (κ2) is 14.5. The Hall–Kier alpha value is -4.99. The molecular weight excluding hydrogens is 722 g/mol. The first-order valence-corrected chi connectivity index (χ1v) is 14.2. The average molecular weight is 753 g/mol. The molecular formula is C38H31N5Pt. The number of hydrogen-bond donors (Lipinski definition) is 0. The van der Waals surface area contributed by atoms with Crippen molar-refractivity contribution < 1.29 is 21.1 Å². The van der Waals surface area contributed by atoms with E-state index in [1.165, 1.54) is 5.56 Å². The molecule has 0 radical (unpaired) electrons. The Morgan fingerprint density at radius 2 is 0.864 bits per heavy atom. The molecule has 6 aromatic rings. The molecule has 0 unspecified atom stereocenters. The molecule has 6 heteroatoms. The first kappa shape index (κ1) is 30.5. The predicted molar refractivity (Wildman–Crippen MR) is 178 cm³/mol. The number of anilines is 3. The van der Waals surface area contributed by atoms with Crippen LogP contribution in [0.25, 0.3) is 11.1 Å². The van der Waals surface area contributed by atoms with Crippen molar-refractivity contribution >= 4 is 28.7 Å². The minimum absolute atomic E-state index is 0. The van der Waals surface area contributed by atoms with Crippen LogP contribution in [0.5, 0.6) is 0 Å². The fraction of sp³-hybridized carbons (Fsp3) is 0.0526. The Morgan fingerprint density at radius 1 is 0.455 bits per heavy atom. The van der Waals surface area contributed by atoms with E-state index in [0.717, 1.165) is 56.8 Å². The summed E-state index contributed by atoms with van der Waals surface area (Å²) in [5.41, 5.74) is 8.50. The molecule has 0 aliphatic heterocycles. The maximum atomic E-state index is 5.13. The monoisotopic (exact) mass is 752 g/mol. The van der Waals surface area contributed by atoms with Crippen molar-refractivity contribution in [2.24, 2.45) is 9.98 Å². The maximum absolute atomic E-state index is 5.13. The van der Waals surface area contributed by atoms with Crippen molar-refractivity contribution in [3.8, 4) is 11.1 Å². The average Bonchev–Trinajstić information content (AvgIpc) is 3.08. The van der Waals surface area contributed by atoms with E-state index in [4.69, 9.17) is 9.97 Å². The minimum atomic E-state index is 0. The Morgan fingerprint density at radius 3 is 1.30 bits per heavy atom. The van der Waals surface area contributed by atoms with E-state index in [9.17, 15) is 0 Å². The standard InChI is InChI=1S/C38H31N5.Pt/c1-39-37(30-16-8-4-9-17-30)33-20-12-22-35(41-33)43(32-26-24-29(25-27-32)28-14-6-3-7-15-28)36-23-13-21-34(42-36)38(40-2)31-18-10-5-11-19-31;/h3-27H,1-2H3;. The molecule has 5 nitrogen and oxygen atoms in total.